The Morgan fingerprint density at radius 2 is 1.81 bits per heavy atom. The van der Waals surface area contributed by atoms with Crippen LogP contribution in [-0.2, 0) is 10.1 Å². The minimum atomic E-state index is -4.31. The molecule has 0 unspecified atom stereocenters. The molecule has 0 spiro atoms. The average molecular weight is 349 g/mol. The summed E-state index contributed by atoms with van der Waals surface area (Å²) in [6.45, 7) is 0. The summed E-state index contributed by atoms with van der Waals surface area (Å²) in [5.41, 5.74) is 5.63. The Bertz CT molecular complexity index is 667. The van der Waals surface area contributed by atoms with Crippen LogP contribution in [0.5, 0.6) is 0 Å². The smallest absolute Gasteiger partial charge is 0.297 e. The molecule has 0 bridgehead atoms. The van der Waals surface area contributed by atoms with Gasteiger partial charge < -0.3 is 5.73 Å². The maximum Gasteiger partial charge on any atom is 0.297 e. The highest BCUT2D eigenvalue weighted by Crippen LogP contribution is 2.30. The summed E-state index contributed by atoms with van der Waals surface area (Å²) in [5.74, 6) is 0. The third kappa shape index (κ3) is 1.87. The molecule has 6 heteroatoms. The molecule has 0 saturated heterocycles. The summed E-state index contributed by atoms with van der Waals surface area (Å²) >= 11 is 2.10. The molecule has 0 aliphatic carbocycles. The molecule has 0 atom stereocenters. The zero-order valence-corrected chi connectivity index (χ0v) is 11.0. The fourth-order valence-electron chi connectivity index (χ4n) is 1.60. The molecule has 2 aromatic rings. The van der Waals surface area contributed by atoms with Crippen LogP contribution in [0.3, 0.4) is 0 Å². The van der Waals surface area contributed by atoms with Gasteiger partial charge in [-0.2, -0.15) is 8.42 Å². The molecule has 16 heavy (non-hydrogen) atoms. The standard InChI is InChI=1S/C10H8INO3S/c11-8-3-1-2-7-6(8)4-5-9(12)10(7)16(13,14)15/h1-5H,12H2,(H,13,14,15). The monoisotopic (exact) mass is 349 g/mol. The van der Waals surface area contributed by atoms with E-state index in [-0.39, 0.29) is 10.6 Å². The van der Waals surface area contributed by atoms with E-state index in [2.05, 4.69) is 22.6 Å². The molecule has 2 rings (SSSR count). The second kappa shape index (κ2) is 3.86. The zero-order chi connectivity index (χ0) is 11.9. The van der Waals surface area contributed by atoms with Gasteiger partial charge in [0, 0.05) is 8.96 Å². The molecule has 84 valence electrons. The summed E-state index contributed by atoms with van der Waals surface area (Å²) in [4.78, 5) is -0.219. The average Bonchev–Trinajstić information content (AvgIpc) is 2.15. The Kier molecular flexibility index (Phi) is 2.81. The van der Waals surface area contributed by atoms with Crippen LogP contribution in [0.15, 0.2) is 35.2 Å². The minimum absolute atomic E-state index is 0.0528. The van der Waals surface area contributed by atoms with Gasteiger partial charge in [-0.15, -0.1) is 0 Å². The summed E-state index contributed by atoms with van der Waals surface area (Å²) in [5, 5.41) is 1.19. The SMILES string of the molecule is Nc1ccc2c(I)cccc2c1S(=O)(=O)O. The number of benzene rings is 2. The lowest BCUT2D eigenvalue weighted by molar-refractivity contribution is 0.484. The van der Waals surface area contributed by atoms with Crippen molar-refractivity contribution in [1.29, 1.82) is 0 Å². The molecule has 0 amide bonds. The first-order valence-electron chi connectivity index (χ1n) is 4.35. The molecule has 0 aromatic heterocycles. The van der Waals surface area contributed by atoms with Crippen molar-refractivity contribution in [1.82, 2.24) is 0 Å². The van der Waals surface area contributed by atoms with Crippen molar-refractivity contribution in [2.75, 3.05) is 5.73 Å². The van der Waals surface area contributed by atoms with Gasteiger partial charge in [0.25, 0.3) is 10.1 Å². The molecule has 4 nitrogen and oxygen atoms in total. The first kappa shape index (κ1) is 11.6. The topological polar surface area (TPSA) is 80.4 Å². The lowest BCUT2D eigenvalue weighted by Gasteiger charge is -2.08. The number of rotatable bonds is 1. The van der Waals surface area contributed by atoms with Gasteiger partial charge in [0.1, 0.15) is 4.90 Å². The Labute approximate surface area is 106 Å². The van der Waals surface area contributed by atoms with Crippen molar-refractivity contribution < 1.29 is 13.0 Å². The van der Waals surface area contributed by atoms with E-state index in [0.717, 1.165) is 8.96 Å². The van der Waals surface area contributed by atoms with E-state index in [1.165, 1.54) is 6.07 Å². The second-order valence-electron chi connectivity index (χ2n) is 3.29. The fourth-order valence-corrected chi connectivity index (χ4v) is 3.10. The number of fused-ring (bicyclic) bond motifs is 1. The second-order valence-corrected chi connectivity index (χ2v) is 5.81. The first-order valence-corrected chi connectivity index (χ1v) is 6.87. The van der Waals surface area contributed by atoms with Gasteiger partial charge >= 0.3 is 0 Å². The highest BCUT2D eigenvalue weighted by atomic mass is 127. The van der Waals surface area contributed by atoms with Crippen LogP contribution in [-0.4, -0.2) is 13.0 Å². The predicted octanol–water partition coefficient (Wildman–Crippen LogP) is 2.27. The molecule has 3 N–H and O–H groups in total. The van der Waals surface area contributed by atoms with E-state index in [1.54, 1.807) is 18.2 Å². The van der Waals surface area contributed by atoms with Crippen molar-refractivity contribution in [3.05, 3.63) is 33.9 Å². The normalized spacial score (nSPS) is 11.9. The van der Waals surface area contributed by atoms with Crippen molar-refractivity contribution in [2.24, 2.45) is 0 Å². The van der Waals surface area contributed by atoms with E-state index in [1.807, 2.05) is 6.07 Å². The van der Waals surface area contributed by atoms with E-state index in [0.29, 0.717) is 5.39 Å². The number of hydrogen-bond acceptors (Lipinski definition) is 3. The molecule has 2 aromatic carbocycles. The van der Waals surface area contributed by atoms with Crippen LogP contribution in [0.4, 0.5) is 5.69 Å². The van der Waals surface area contributed by atoms with E-state index in [9.17, 15) is 8.42 Å². The summed E-state index contributed by atoms with van der Waals surface area (Å²) in [7, 11) is -4.31. The summed E-state index contributed by atoms with van der Waals surface area (Å²) < 4.78 is 32.6. The van der Waals surface area contributed by atoms with Gasteiger partial charge in [0.2, 0.25) is 0 Å². The van der Waals surface area contributed by atoms with Gasteiger partial charge in [-0.25, -0.2) is 0 Å². The Balaban J connectivity index is 3.03. The number of hydrogen-bond donors (Lipinski definition) is 2. The van der Waals surface area contributed by atoms with E-state index >= 15 is 0 Å². The molecule has 0 saturated carbocycles. The third-order valence-corrected chi connectivity index (χ3v) is 4.16. The number of nitrogen functional groups attached to an aromatic ring is 1. The van der Waals surface area contributed by atoms with Crippen molar-refractivity contribution in [3.8, 4) is 0 Å². The van der Waals surface area contributed by atoms with Crippen molar-refractivity contribution >= 4 is 49.2 Å². The number of nitrogens with two attached hydrogens (primary N) is 1. The van der Waals surface area contributed by atoms with E-state index in [4.69, 9.17) is 10.3 Å². The molecule has 0 fully saturated rings. The van der Waals surface area contributed by atoms with Crippen LogP contribution in [0, 0.1) is 3.57 Å². The molecule has 0 radical (unpaired) electrons. The minimum Gasteiger partial charge on any atom is -0.398 e. The van der Waals surface area contributed by atoms with Crippen LogP contribution in [0.25, 0.3) is 10.8 Å². The first-order chi connectivity index (χ1) is 7.41. The van der Waals surface area contributed by atoms with Gasteiger partial charge in [0.15, 0.2) is 0 Å². The Morgan fingerprint density at radius 3 is 2.44 bits per heavy atom. The quantitative estimate of drug-likeness (QED) is 0.470. The molecular weight excluding hydrogens is 341 g/mol. The fraction of sp³-hybridized carbons (Fsp3) is 0. The maximum absolute atomic E-state index is 11.3. The summed E-state index contributed by atoms with van der Waals surface area (Å²) in [6.07, 6.45) is 0. The van der Waals surface area contributed by atoms with Gasteiger partial charge in [0.05, 0.1) is 5.69 Å². The zero-order valence-electron chi connectivity index (χ0n) is 8.01. The Morgan fingerprint density at radius 1 is 1.12 bits per heavy atom. The van der Waals surface area contributed by atoms with E-state index < -0.39 is 10.1 Å². The highest BCUT2D eigenvalue weighted by Gasteiger charge is 2.18. The van der Waals surface area contributed by atoms with Crippen LogP contribution in [0.2, 0.25) is 0 Å². The molecule has 0 aliphatic heterocycles. The van der Waals surface area contributed by atoms with Gasteiger partial charge in [-0.1, -0.05) is 18.2 Å². The van der Waals surface area contributed by atoms with Crippen molar-refractivity contribution in [3.63, 3.8) is 0 Å². The highest BCUT2D eigenvalue weighted by molar-refractivity contribution is 14.1. The lowest BCUT2D eigenvalue weighted by Crippen LogP contribution is -2.04. The number of anilines is 1. The van der Waals surface area contributed by atoms with Crippen molar-refractivity contribution in [2.45, 2.75) is 4.90 Å². The molecule has 0 aliphatic rings. The third-order valence-electron chi connectivity index (χ3n) is 2.25. The molecular formula is C10H8INO3S. The van der Waals surface area contributed by atoms with Crippen LogP contribution >= 0.6 is 22.6 Å². The van der Waals surface area contributed by atoms with Gasteiger partial charge in [-0.3, -0.25) is 4.55 Å². The lowest BCUT2D eigenvalue weighted by atomic mass is 10.1. The van der Waals surface area contributed by atoms with Crippen LogP contribution in [0.1, 0.15) is 0 Å². The predicted molar refractivity (Wildman–Crippen MR) is 70.9 cm³/mol. The summed E-state index contributed by atoms with van der Waals surface area (Å²) in [6, 6.07) is 8.41. The van der Waals surface area contributed by atoms with Gasteiger partial charge in [-0.05, 0) is 40.1 Å². The Hall–Kier alpha value is -0.860. The largest absolute Gasteiger partial charge is 0.398 e. The van der Waals surface area contributed by atoms with Crippen LogP contribution < -0.4 is 5.73 Å². The molecule has 0 heterocycles. The number of halogens is 1. The maximum atomic E-state index is 11.3.